The molecule has 1 aromatic carbocycles. The van der Waals surface area contributed by atoms with Crippen LogP contribution in [0.2, 0.25) is 0 Å². The fraction of sp³-hybridized carbons (Fsp3) is 0.222. The third kappa shape index (κ3) is 2.89. The van der Waals surface area contributed by atoms with Gasteiger partial charge < -0.3 is 14.1 Å². The second-order valence-electron chi connectivity index (χ2n) is 5.71. The molecule has 1 fully saturated rings. The maximum absolute atomic E-state index is 12.4. The maximum atomic E-state index is 12.4. The van der Waals surface area contributed by atoms with Gasteiger partial charge in [0.2, 0.25) is 0 Å². The van der Waals surface area contributed by atoms with Crippen LogP contribution in [0, 0.1) is 0 Å². The summed E-state index contributed by atoms with van der Waals surface area (Å²) in [5, 5.41) is 1.04. The van der Waals surface area contributed by atoms with E-state index in [4.69, 9.17) is 9.15 Å². The molecule has 3 aromatic rings. The number of amides is 1. The molecule has 1 aliphatic heterocycles. The molecule has 1 amide bonds. The van der Waals surface area contributed by atoms with Gasteiger partial charge in [-0.3, -0.25) is 9.78 Å². The number of ether oxygens (including phenoxy) is 1. The molecule has 1 aliphatic rings. The van der Waals surface area contributed by atoms with Crippen molar-refractivity contribution in [2.24, 2.45) is 0 Å². The van der Waals surface area contributed by atoms with Crippen molar-refractivity contribution in [3.8, 4) is 5.75 Å². The summed E-state index contributed by atoms with van der Waals surface area (Å²) in [5.41, 5.74) is 0.847. The Bertz CT molecular complexity index is 887. The van der Waals surface area contributed by atoms with Crippen molar-refractivity contribution in [1.82, 2.24) is 9.88 Å². The average Bonchev–Trinajstić information content (AvgIpc) is 3.24. The highest BCUT2D eigenvalue weighted by atomic mass is 79.9. The van der Waals surface area contributed by atoms with Crippen molar-refractivity contribution in [3.05, 3.63) is 59.1 Å². The minimum absolute atomic E-state index is 0.0417. The van der Waals surface area contributed by atoms with Gasteiger partial charge in [0.15, 0.2) is 10.4 Å². The lowest BCUT2D eigenvalue weighted by Gasteiger charge is -2.17. The summed E-state index contributed by atoms with van der Waals surface area (Å²) >= 11 is 3.22. The number of hydrogen-bond donors (Lipinski definition) is 0. The number of benzene rings is 1. The van der Waals surface area contributed by atoms with Crippen LogP contribution in [-0.2, 0) is 0 Å². The number of carbonyl (C=O) groups is 1. The van der Waals surface area contributed by atoms with Crippen LogP contribution in [-0.4, -0.2) is 35.0 Å². The van der Waals surface area contributed by atoms with Gasteiger partial charge in [0.25, 0.3) is 5.91 Å². The zero-order chi connectivity index (χ0) is 16.5. The minimum Gasteiger partial charge on any atom is -0.486 e. The number of fused-ring (bicyclic) bond motifs is 1. The van der Waals surface area contributed by atoms with Gasteiger partial charge in [0.1, 0.15) is 17.4 Å². The van der Waals surface area contributed by atoms with Crippen LogP contribution in [0.4, 0.5) is 0 Å². The van der Waals surface area contributed by atoms with Crippen molar-refractivity contribution in [1.29, 1.82) is 0 Å². The molecule has 0 spiro atoms. The van der Waals surface area contributed by atoms with Gasteiger partial charge in [0.05, 0.1) is 6.54 Å². The lowest BCUT2D eigenvalue weighted by molar-refractivity contribution is 0.0740. The van der Waals surface area contributed by atoms with Crippen LogP contribution in [0.3, 0.4) is 0 Å². The van der Waals surface area contributed by atoms with E-state index < -0.39 is 0 Å². The number of furan rings is 1. The highest BCUT2D eigenvalue weighted by Crippen LogP contribution is 2.27. The van der Waals surface area contributed by atoms with E-state index in [9.17, 15) is 4.79 Å². The van der Waals surface area contributed by atoms with Gasteiger partial charge in [-0.2, -0.15) is 0 Å². The topological polar surface area (TPSA) is 55.6 Å². The van der Waals surface area contributed by atoms with Gasteiger partial charge in [-0.1, -0.05) is 18.2 Å². The lowest BCUT2D eigenvalue weighted by atomic mass is 10.2. The second kappa shape index (κ2) is 6.28. The van der Waals surface area contributed by atoms with Gasteiger partial charge in [-0.05, 0) is 40.2 Å². The Morgan fingerprint density at radius 2 is 2.12 bits per heavy atom. The molecular formula is C18H15BrN2O3. The number of pyridine rings is 1. The molecule has 0 aliphatic carbocycles. The largest absolute Gasteiger partial charge is 0.486 e. The molecule has 0 N–H and O–H groups in total. The van der Waals surface area contributed by atoms with E-state index >= 15 is 0 Å². The number of rotatable bonds is 3. The average molecular weight is 387 g/mol. The predicted octanol–water partition coefficient (Wildman–Crippen LogP) is 3.88. The van der Waals surface area contributed by atoms with Crippen LogP contribution in [0.15, 0.2) is 57.7 Å². The lowest BCUT2D eigenvalue weighted by Crippen LogP contribution is -2.30. The van der Waals surface area contributed by atoms with Crippen molar-refractivity contribution >= 4 is 32.7 Å². The van der Waals surface area contributed by atoms with Crippen molar-refractivity contribution < 1.29 is 13.9 Å². The van der Waals surface area contributed by atoms with E-state index in [0.717, 1.165) is 23.1 Å². The molecule has 0 bridgehead atoms. The predicted molar refractivity (Wildman–Crippen MR) is 93.1 cm³/mol. The fourth-order valence-electron chi connectivity index (χ4n) is 2.94. The monoisotopic (exact) mass is 386 g/mol. The number of aromatic nitrogens is 1. The highest BCUT2D eigenvalue weighted by molar-refractivity contribution is 9.10. The van der Waals surface area contributed by atoms with E-state index in [1.165, 1.54) is 0 Å². The van der Waals surface area contributed by atoms with Gasteiger partial charge >= 0.3 is 0 Å². The Labute approximate surface area is 147 Å². The van der Waals surface area contributed by atoms with Crippen LogP contribution >= 0.6 is 15.9 Å². The molecule has 5 nitrogen and oxygen atoms in total. The van der Waals surface area contributed by atoms with Crippen molar-refractivity contribution in [2.45, 2.75) is 12.5 Å². The van der Waals surface area contributed by atoms with Gasteiger partial charge in [-0.25, -0.2) is 0 Å². The van der Waals surface area contributed by atoms with Crippen molar-refractivity contribution in [3.63, 3.8) is 0 Å². The number of halogens is 1. The van der Waals surface area contributed by atoms with Crippen LogP contribution in [0.5, 0.6) is 5.75 Å². The molecule has 1 unspecified atom stereocenters. The Morgan fingerprint density at radius 1 is 1.25 bits per heavy atom. The Morgan fingerprint density at radius 3 is 2.96 bits per heavy atom. The SMILES string of the molecule is O=C(c1ccc(Br)o1)N1CCC(Oc2cccc3cccnc23)C1. The molecule has 3 heterocycles. The second-order valence-corrected chi connectivity index (χ2v) is 6.50. The van der Waals surface area contributed by atoms with E-state index in [0.29, 0.717) is 23.5 Å². The van der Waals surface area contributed by atoms with Crippen LogP contribution in [0.1, 0.15) is 17.0 Å². The third-order valence-corrected chi connectivity index (χ3v) is 4.53. The smallest absolute Gasteiger partial charge is 0.289 e. The molecular weight excluding hydrogens is 372 g/mol. The summed E-state index contributed by atoms with van der Waals surface area (Å²) in [5.74, 6) is 0.991. The third-order valence-electron chi connectivity index (χ3n) is 4.11. The van der Waals surface area contributed by atoms with E-state index in [-0.39, 0.29) is 12.0 Å². The summed E-state index contributed by atoms with van der Waals surface area (Å²) in [7, 11) is 0. The number of nitrogens with zero attached hydrogens (tertiary/aromatic N) is 2. The molecule has 122 valence electrons. The van der Waals surface area contributed by atoms with E-state index in [1.807, 2.05) is 30.3 Å². The van der Waals surface area contributed by atoms with Crippen LogP contribution in [0.25, 0.3) is 10.9 Å². The van der Waals surface area contributed by atoms with Gasteiger partial charge in [-0.15, -0.1) is 0 Å². The number of hydrogen-bond acceptors (Lipinski definition) is 4. The summed E-state index contributed by atoms with van der Waals surface area (Å²) in [4.78, 5) is 18.6. The molecule has 2 aromatic heterocycles. The summed E-state index contributed by atoms with van der Waals surface area (Å²) in [6.45, 7) is 1.19. The standard InChI is InChI=1S/C18H15BrN2O3/c19-16-7-6-15(24-16)18(22)21-10-8-13(11-21)23-14-5-1-3-12-4-2-9-20-17(12)14/h1-7,9,13H,8,10-11H2. The first-order chi connectivity index (χ1) is 11.7. The normalized spacial score (nSPS) is 17.4. The quantitative estimate of drug-likeness (QED) is 0.685. The van der Waals surface area contributed by atoms with Crippen LogP contribution < -0.4 is 4.74 Å². The first-order valence-electron chi connectivity index (χ1n) is 7.76. The molecule has 6 heteroatoms. The number of carbonyl (C=O) groups excluding carboxylic acids is 1. The Hall–Kier alpha value is -2.34. The molecule has 0 radical (unpaired) electrons. The Balaban J connectivity index is 1.48. The summed E-state index contributed by atoms with van der Waals surface area (Å²) < 4.78 is 12.0. The minimum atomic E-state index is -0.108. The Kier molecular flexibility index (Phi) is 3.98. The molecule has 0 saturated carbocycles. The first kappa shape index (κ1) is 15.2. The number of para-hydroxylation sites is 1. The van der Waals surface area contributed by atoms with Gasteiger partial charge in [0, 0.05) is 24.5 Å². The molecule has 1 saturated heterocycles. The molecule has 24 heavy (non-hydrogen) atoms. The fourth-order valence-corrected chi connectivity index (χ4v) is 3.25. The molecule has 4 rings (SSSR count). The first-order valence-corrected chi connectivity index (χ1v) is 8.55. The zero-order valence-corrected chi connectivity index (χ0v) is 14.4. The zero-order valence-electron chi connectivity index (χ0n) is 12.8. The van der Waals surface area contributed by atoms with E-state index in [2.05, 4.69) is 20.9 Å². The summed E-state index contributed by atoms with van der Waals surface area (Å²) in [6.07, 6.45) is 2.51. The molecule has 1 atom stereocenters. The maximum Gasteiger partial charge on any atom is 0.289 e. The van der Waals surface area contributed by atoms with E-state index in [1.54, 1.807) is 23.2 Å². The number of likely N-dealkylation sites (tertiary alicyclic amines) is 1. The summed E-state index contributed by atoms with van der Waals surface area (Å²) in [6, 6.07) is 13.2. The van der Waals surface area contributed by atoms with Crippen molar-refractivity contribution in [2.75, 3.05) is 13.1 Å². The highest BCUT2D eigenvalue weighted by Gasteiger charge is 2.30.